The monoisotopic (exact) mass is 245 g/mol. The molecule has 0 radical (unpaired) electrons. The fraction of sp³-hybridized carbons (Fsp3) is 0.923. The van der Waals surface area contributed by atoms with E-state index in [0.717, 1.165) is 13.0 Å². The van der Waals surface area contributed by atoms with Crippen LogP contribution in [-0.2, 0) is 4.79 Å². The molecule has 1 aliphatic rings. The zero-order valence-electron chi connectivity index (χ0n) is 10.5. The number of carbonyl (C=O) groups excluding carboxylic acids is 1. The van der Waals surface area contributed by atoms with Gasteiger partial charge in [-0.15, -0.1) is 11.6 Å². The van der Waals surface area contributed by atoms with Crippen LogP contribution in [0.3, 0.4) is 0 Å². The maximum atomic E-state index is 11.7. The van der Waals surface area contributed by atoms with Crippen LogP contribution in [0.2, 0.25) is 0 Å². The summed E-state index contributed by atoms with van der Waals surface area (Å²) in [5.41, 5.74) is 0. The quantitative estimate of drug-likeness (QED) is 0.497. The molecule has 1 saturated heterocycles. The third-order valence-corrected chi connectivity index (χ3v) is 3.90. The molecule has 94 valence electrons. The molecule has 2 unspecified atom stereocenters. The van der Waals surface area contributed by atoms with Crippen molar-refractivity contribution in [2.45, 2.75) is 58.4 Å². The van der Waals surface area contributed by atoms with Crippen molar-refractivity contribution in [3.63, 3.8) is 0 Å². The summed E-state index contributed by atoms with van der Waals surface area (Å²) in [5, 5.41) is 0. The SMILES string of the molecule is CCCCCCC(C)N1CC(CCl)CC1=O. The van der Waals surface area contributed by atoms with E-state index in [1.807, 2.05) is 4.90 Å². The van der Waals surface area contributed by atoms with Gasteiger partial charge in [0, 0.05) is 24.9 Å². The highest BCUT2D eigenvalue weighted by Crippen LogP contribution is 2.23. The van der Waals surface area contributed by atoms with E-state index in [9.17, 15) is 4.79 Å². The Morgan fingerprint density at radius 1 is 1.44 bits per heavy atom. The van der Waals surface area contributed by atoms with Crippen molar-refractivity contribution in [3.05, 3.63) is 0 Å². The van der Waals surface area contributed by atoms with E-state index in [-0.39, 0.29) is 0 Å². The summed E-state index contributed by atoms with van der Waals surface area (Å²) in [6.07, 6.45) is 6.91. The molecule has 1 amide bonds. The van der Waals surface area contributed by atoms with Crippen molar-refractivity contribution in [2.24, 2.45) is 5.92 Å². The molecule has 0 spiro atoms. The fourth-order valence-electron chi connectivity index (χ4n) is 2.36. The van der Waals surface area contributed by atoms with Gasteiger partial charge in [0.1, 0.15) is 0 Å². The standard InChI is InChI=1S/C13H24ClNO/c1-3-4-5-6-7-11(2)15-10-12(9-14)8-13(15)16/h11-12H,3-10H2,1-2H3. The average Bonchev–Trinajstić information content (AvgIpc) is 2.66. The minimum Gasteiger partial charge on any atom is -0.340 e. The Kier molecular flexibility index (Phi) is 6.18. The van der Waals surface area contributed by atoms with E-state index in [1.165, 1.54) is 25.7 Å². The molecule has 2 atom stereocenters. The Morgan fingerprint density at radius 2 is 2.19 bits per heavy atom. The first-order valence-electron chi connectivity index (χ1n) is 6.54. The second-order valence-electron chi connectivity index (χ2n) is 4.97. The van der Waals surface area contributed by atoms with Gasteiger partial charge in [0.2, 0.25) is 5.91 Å². The summed E-state index contributed by atoms with van der Waals surface area (Å²) < 4.78 is 0. The smallest absolute Gasteiger partial charge is 0.223 e. The van der Waals surface area contributed by atoms with Gasteiger partial charge in [-0.1, -0.05) is 32.6 Å². The van der Waals surface area contributed by atoms with Gasteiger partial charge >= 0.3 is 0 Å². The summed E-state index contributed by atoms with van der Waals surface area (Å²) in [7, 11) is 0. The summed E-state index contributed by atoms with van der Waals surface area (Å²) in [6.45, 7) is 5.26. The first-order chi connectivity index (χ1) is 7.69. The van der Waals surface area contributed by atoms with Crippen molar-refractivity contribution in [1.29, 1.82) is 0 Å². The Hall–Kier alpha value is -0.240. The minimum atomic E-state index is 0.300. The van der Waals surface area contributed by atoms with E-state index in [2.05, 4.69) is 13.8 Å². The lowest BCUT2D eigenvalue weighted by molar-refractivity contribution is -0.129. The Balaban J connectivity index is 2.25. The predicted molar refractivity (Wildman–Crippen MR) is 68.8 cm³/mol. The van der Waals surface area contributed by atoms with Gasteiger partial charge in [0.25, 0.3) is 0 Å². The van der Waals surface area contributed by atoms with E-state index < -0.39 is 0 Å². The van der Waals surface area contributed by atoms with Gasteiger partial charge in [0.05, 0.1) is 0 Å². The van der Waals surface area contributed by atoms with Crippen LogP contribution < -0.4 is 0 Å². The van der Waals surface area contributed by atoms with Gasteiger partial charge < -0.3 is 4.90 Å². The number of carbonyl (C=O) groups is 1. The highest BCUT2D eigenvalue weighted by Gasteiger charge is 2.31. The highest BCUT2D eigenvalue weighted by molar-refractivity contribution is 6.18. The third-order valence-electron chi connectivity index (χ3n) is 3.46. The van der Waals surface area contributed by atoms with Crippen molar-refractivity contribution >= 4 is 17.5 Å². The molecule has 1 heterocycles. The zero-order chi connectivity index (χ0) is 12.0. The molecular formula is C13H24ClNO. The molecular weight excluding hydrogens is 222 g/mol. The van der Waals surface area contributed by atoms with Gasteiger partial charge in [-0.25, -0.2) is 0 Å². The van der Waals surface area contributed by atoms with Gasteiger partial charge in [-0.2, -0.15) is 0 Å². The van der Waals surface area contributed by atoms with Crippen LogP contribution >= 0.6 is 11.6 Å². The molecule has 0 aromatic rings. The Bertz CT molecular complexity index is 220. The summed E-state index contributed by atoms with van der Waals surface area (Å²) >= 11 is 5.81. The molecule has 1 aliphatic heterocycles. The summed E-state index contributed by atoms with van der Waals surface area (Å²) in [5.74, 6) is 1.30. The molecule has 1 rings (SSSR count). The van der Waals surface area contributed by atoms with E-state index in [4.69, 9.17) is 11.6 Å². The third kappa shape index (κ3) is 3.97. The number of likely N-dealkylation sites (tertiary alicyclic amines) is 1. The lowest BCUT2D eigenvalue weighted by Gasteiger charge is -2.24. The normalized spacial score (nSPS) is 22.8. The number of rotatable bonds is 7. The van der Waals surface area contributed by atoms with Crippen molar-refractivity contribution in [2.75, 3.05) is 12.4 Å². The maximum absolute atomic E-state index is 11.7. The fourth-order valence-corrected chi connectivity index (χ4v) is 2.57. The van der Waals surface area contributed by atoms with Gasteiger partial charge in [-0.05, 0) is 19.3 Å². The van der Waals surface area contributed by atoms with Crippen LogP contribution in [0, 0.1) is 5.92 Å². The molecule has 0 saturated carbocycles. The van der Waals surface area contributed by atoms with Crippen LogP contribution in [0.4, 0.5) is 0 Å². The number of hydrogen-bond donors (Lipinski definition) is 0. The Labute approximate surface area is 104 Å². The van der Waals surface area contributed by atoms with Gasteiger partial charge in [-0.3, -0.25) is 4.79 Å². The van der Waals surface area contributed by atoms with Crippen LogP contribution in [0.5, 0.6) is 0 Å². The van der Waals surface area contributed by atoms with E-state index in [1.54, 1.807) is 0 Å². The van der Waals surface area contributed by atoms with Crippen LogP contribution in [-0.4, -0.2) is 29.3 Å². The highest BCUT2D eigenvalue weighted by atomic mass is 35.5. The summed E-state index contributed by atoms with van der Waals surface area (Å²) in [4.78, 5) is 13.8. The van der Waals surface area contributed by atoms with E-state index in [0.29, 0.717) is 30.2 Å². The molecule has 16 heavy (non-hydrogen) atoms. The van der Waals surface area contributed by atoms with Crippen LogP contribution in [0.15, 0.2) is 0 Å². The topological polar surface area (TPSA) is 20.3 Å². The molecule has 0 bridgehead atoms. The lowest BCUT2D eigenvalue weighted by atomic mass is 10.1. The van der Waals surface area contributed by atoms with Crippen LogP contribution in [0.25, 0.3) is 0 Å². The molecule has 2 nitrogen and oxygen atoms in total. The minimum absolute atomic E-state index is 0.300. The number of hydrogen-bond acceptors (Lipinski definition) is 1. The maximum Gasteiger partial charge on any atom is 0.223 e. The number of unbranched alkanes of at least 4 members (excludes halogenated alkanes) is 3. The van der Waals surface area contributed by atoms with Crippen molar-refractivity contribution in [3.8, 4) is 0 Å². The second-order valence-corrected chi connectivity index (χ2v) is 5.28. The van der Waals surface area contributed by atoms with Crippen molar-refractivity contribution < 1.29 is 4.79 Å². The molecule has 0 aliphatic carbocycles. The Morgan fingerprint density at radius 3 is 2.75 bits per heavy atom. The zero-order valence-corrected chi connectivity index (χ0v) is 11.3. The molecule has 0 aromatic carbocycles. The first-order valence-corrected chi connectivity index (χ1v) is 7.07. The molecule has 3 heteroatoms. The first kappa shape index (κ1) is 13.8. The largest absolute Gasteiger partial charge is 0.340 e. The van der Waals surface area contributed by atoms with E-state index >= 15 is 0 Å². The lowest BCUT2D eigenvalue weighted by Crippen LogP contribution is -2.34. The number of alkyl halides is 1. The molecule has 0 aromatic heterocycles. The number of amides is 1. The second kappa shape index (κ2) is 7.16. The van der Waals surface area contributed by atoms with Gasteiger partial charge in [0.15, 0.2) is 0 Å². The average molecular weight is 246 g/mol. The molecule has 1 fully saturated rings. The number of halogens is 1. The number of nitrogens with zero attached hydrogens (tertiary/aromatic N) is 1. The van der Waals surface area contributed by atoms with Crippen molar-refractivity contribution in [1.82, 2.24) is 4.90 Å². The molecule has 0 N–H and O–H groups in total. The predicted octanol–water partition coefficient (Wildman–Crippen LogP) is 3.43. The van der Waals surface area contributed by atoms with Crippen LogP contribution in [0.1, 0.15) is 52.4 Å². The summed E-state index contributed by atoms with van der Waals surface area (Å²) in [6, 6.07) is 0.401.